The summed E-state index contributed by atoms with van der Waals surface area (Å²) in [4.78, 5) is 5.64. The summed E-state index contributed by atoms with van der Waals surface area (Å²) in [5, 5.41) is 5.97. The van der Waals surface area contributed by atoms with Gasteiger partial charge in [-0.15, -0.1) is 11.3 Å². The fourth-order valence-corrected chi connectivity index (χ4v) is 3.42. The van der Waals surface area contributed by atoms with Crippen LogP contribution in [-0.4, -0.2) is 16.1 Å². The zero-order valence-corrected chi connectivity index (χ0v) is 13.4. The molecular formula is C17H21N3S. The molecule has 0 spiro atoms. The Balaban J connectivity index is 1.86. The van der Waals surface area contributed by atoms with Gasteiger partial charge in [0.1, 0.15) is 0 Å². The van der Waals surface area contributed by atoms with Crippen molar-refractivity contribution in [1.82, 2.24) is 14.9 Å². The van der Waals surface area contributed by atoms with Crippen molar-refractivity contribution in [1.29, 1.82) is 0 Å². The van der Waals surface area contributed by atoms with E-state index in [9.17, 15) is 0 Å². The Morgan fingerprint density at radius 1 is 1.29 bits per heavy atom. The third-order valence-electron chi connectivity index (χ3n) is 3.64. The van der Waals surface area contributed by atoms with Crippen molar-refractivity contribution in [3.05, 3.63) is 52.1 Å². The molecule has 0 atom stereocenters. The van der Waals surface area contributed by atoms with Crippen molar-refractivity contribution in [2.75, 3.05) is 6.54 Å². The molecule has 0 unspecified atom stereocenters. The van der Waals surface area contributed by atoms with E-state index >= 15 is 0 Å². The molecule has 21 heavy (non-hydrogen) atoms. The quantitative estimate of drug-likeness (QED) is 0.698. The van der Waals surface area contributed by atoms with Crippen LogP contribution in [0.4, 0.5) is 0 Å². The Morgan fingerprint density at radius 3 is 2.95 bits per heavy atom. The molecule has 0 fully saturated rings. The van der Waals surface area contributed by atoms with E-state index in [4.69, 9.17) is 0 Å². The number of rotatable bonds is 6. The molecule has 0 amide bonds. The Hall–Kier alpha value is -1.65. The number of hydrogen-bond donors (Lipinski definition) is 1. The molecule has 0 saturated heterocycles. The molecule has 110 valence electrons. The largest absolute Gasteiger partial charge is 0.342 e. The highest BCUT2D eigenvalue weighted by Crippen LogP contribution is 2.22. The molecule has 0 aliphatic heterocycles. The van der Waals surface area contributed by atoms with Crippen LogP contribution in [0.2, 0.25) is 0 Å². The average Bonchev–Trinajstić information content (AvgIpc) is 3.07. The maximum Gasteiger partial charge on any atom is 0.0897 e. The van der Waals surface area contributed by atoms with Gasteiger partial charge in [-0.25, -0.2) is 4.98 Å². The van der Waals surface area contributed by atoms with E-state index in [-0.39, 0.29) is 0 Å². The standard InChI is InChI=1S/C17H21N3S/c1-3-8-18-10-14-5-4-6-17-16(14)7-9-20(17)12-15-11-19-13(2)21-15/h4-7,9,11,18H,3,8,10,12H2,1-2H3. The van der Waals surface area contributed by atoms with Crippen LogP contribution < -0.4 is 5.32 Å². The topological polar surface area (TPSA) is 29.9 Å². The second kappa shape index (κ2) is 6.41. The molecule has 0 radical (unpaired) electrons. The number of aromatic nitrogens is 2. The molecule has 4 heteroatoms. The lowest BCUT2D eigenvalue weighted by molar-refractivity contribution is 0.678. The highest BCUT2D eigenvalue weighted by molar-refractivity contribution is 7.11. The van der Waals surface area contributed by atoms with Crippen LogP contribution in [0.3, 0.4) is 0 Å². The molecule has 2 heterocycles. The van der Waals surface area contributed by atoms with Gasteiger partial charge in [-0.1, -0.05) is 19.1 Å². The summed E-state index contributed by atoms with van der Waals surface area (Å²) in [5.74, 6) is 0. The Labute approximate surface area is 129 Å². The van der Waals surface area contributed by atoms with E-state index in [2.05, 4.69) is 59.2 Å². The molecule has 3 rings (SSSR count). The normalized spacial score (nSPS) is 11.3. The molecule has 1 N–H and O–H groups in total. The highest BCUT2D eigenvalue weighted by Gasteiger charge is 2.07. The van der Waals surface area contributed by atoms with Crippen LogP contribution in [-0.2, 0) is 13.1 Å². The number of aryl methyl sites for hydroxylation is 1. The lowest BCUT2D eigenvalue weighted by Gasteiger charge is -2.07. The summed E-state index contributed by atoms with van der Waals surface area (Å²) in [7, 11) is 0. The summed E-state index contributed by atoms with van der Waals surface area (Å²) in [6.45, 7) is 7.16. The Bertz CT molecular complexity index is 727. The van der Waals surface area contributed by atoms with Crippen molar-refractivity contribution >= 4 is 22.2 Å². The van der Waals surface area contributed by atoms with E-state index in [0.717, 1.165) is 24.6 Å². The van der Waals surface area contributed by atoms with Gasteiger partial charge >= 0.3 is 0 Å². The van der Waals surface area contributed by atoms with Crippen LogP contribution in [0.15, 0.2) is 36.7 Å². The summed E-state index contributed by atoms with van der Waals surface area (Å²) in [5.41, 5.74) is 2.68. The monoisotopic (exact) mass is 299 g/mol. The van der Waals surface area contributed by atoms with Crippen molar-refractivity contribution in [2.45, 2.75) is 33.4 Å². The first kappa shape index (κ1) is 14.3. The molecule has 0 aliphatic carbocycles. The lowest BCUT2D eigenvalue weighted by Crippen LogP contribution is -2.13. The van der Waals surface area contributed by atoms with Gasteiger partial charge in [0.2, 0.25) is 0 Å². The van der Waals surface area contributed by atoms with Crippen molar-refractivity contribution in [3.63, 3.8) is 0 Å². The number of benzene rings is 1. The van der Waals surface area contributed by atoms with Crippen molar-refractivity contribution < 1.29 is 0 Å². The van der Waals surface area contributed by atoms with E-state index in [1.165, 1.54) is 27.8 Å². The summed E-state index contributed by atoms with van der Waals surface area (Å²) in [6.07, 6.45) is 5.34. The first-order valence-electron chi connectivity index (χ1n) is 7.46. The average molecular weight is 299 g/mol. The number of nitrogens with one attached hydrogen (secondary N) is 1. The summed E-state index contributed by atoms with van der Waals surface area (Å²) >= 11 is 1.77. The fourth-order valence-electron chi connectivity index (χ4n) is 2.63. The number of hydrogen-bond acceptors (Lipinski definition) is 3. The zero-order chi connectivity index (χ0) is 14.7. The predicted molar refractivity (Wildman–Crippen MR) is 89.9 cm³/mol. The van der Waals surface area contributed by atoms with Crippen LogP contribution in [0, 0.1) is 6.92 Å². The lowest BCUT2D eigenvalue weighted by atomic mass is 10.1. The molecule has 3 aromatic rings. The second-order valence-corrected chi connectivity index (χ2v) is 6.64. The minimum absolute atomic E-state index is 0.904. The minimum atomic E-state index is 0.904. The van der Waals surface area contributed by atoms with Gasteiger partial charge in [-0.3, -0.25) is 0 Å². The third kappa shape index (κ3) is 3.17. The van der Waals surface area contributed by atoms with Gasteiger partial charge in [-0.05, 0) is 37.6 Å². The van der Waals surface area contributed by atoms with Gasteiger partial charge in [-0.2, -0.15) is 0 Å². The summed E-state index contributed by atoms with van der Waals surface area (Å²) in [6, 6.07) is 8.80. The number of thiazole rings is 1. The van der Waals surface area contributed by atoms with Gasteiger partial charge in [0.05, 0.1) is 11.6 Å². The molecule has 2 aromatic heterocycles. The van der Waals surface area contributed by atoms with Gasteiger partial charge in [0.15, 0.2) is 0 Å². The van der Waals surface area contributed by atoms with Crippen LogP contribution in [0.1, 0.15) is 28.8 Å². The fraction of sp³-hybridized carbons (Fsp3) is 0.353. The van der Waals surface area contributed by atoms with E-state index < -0.39 is 0 Å². The molecule has 0 bridgehead atoms. The van der Waals surface area contributed by atoms with Crippen LogP contribution in [0.25, 0.3) is 10.9 Å². The number of nitrogens with zero attached hydrogens (tertiary/aromatic N) is 2. The summed E-state index contributed by atoms with van der Waals surface area (Å²) < 4.78 is 2.31. The third-order valence-corrected chi connectivity index (χ3v) is 4.54. The van der Waals surface area contributed by atoms with Crippen LogP contribution >= 0.6 is 11.3 Å². The van der Waals surface area contributed by atoms with Gasteiger partial charge < -0.3 is 9.88 Å². The first-order valence-corrected chi connectivity index (χ1v) is 8.28. The Kier molecular flexibility index (Phi) is 4.36. The van der Waals surface area contributed by atoms with E-state index in [1.54, 1.807) is 11.3 Å². The molecule has 0 aliphatic rings. The van der Waals surface area contributed by atoms with E-state index in [1.807, 2.05) is 6.20 Å². The molecule has 1 aromatic carbocycles. The van der Waals surface area contributed by atoms with Gasteiger partial charge in [0.25, 0.3) is 0 Å². The maximum absolute atomic E-state index is 4.34. The highest BCUT2D eigenvalue weighted by atomic mass is 32.1. The molecule has 0 saturated carbocycles. The molecular weight excluding hydrogens is 278 g/mol. The van der Waals surface area contributed by atoms with Gasteiger partial charge in [0, 0.05) is 34.7 Å². The van der Waals surface area contributed by atoms with Crippen LogP contribution in [0.5, 0.6) is 0 Å². The SMILES string of the molecule is CCCNCc1cccc2c1ccn2Cc1cnc(C)s1. The number of fused-ring (bicyclic) bond motifs is 1. The van der Waals surface area contributed by atoms with Crippen molar-refractivity contribution in [3.8, 4) is 0 Å². The Morgan fingerprint density at radius 2 is 2.19 bits per heavy atom. The zero-order valence-electron chi connectivity index (χ0n) is 12.6. The predicted octanol–water partition coefficient (Wildman–Crippen LogP) is 3.95. The molecule has 3 nitrogen and oxygen atoms in total. The smallest absolute Gasteiger partial charge is 0.0897 e. The minimum Gasteiger partial charge on any atom is -0.342 e. The second-order valence-electron chi connectivity index (χ2n) is 5.32. The first-order chi connectivity index (χ1) is 10.3. The maximum atomic E-state index is 4.34. The van der Waals surface area contributed by atoms with E-state index in [0.29, 0.717) is 0 Å². The van der Waals surface area contributed by atoms with Crippen molar-refractivity contribution in [2.24, 2.45) is 0 Å².